The molecule has 0 bridgehead atoms. The zero-order chi connectivity index (χ0) is 22.3. The van der Waals surface area contributed by atoms with Crippen molar-refractivity contribution in [3.05, 3.63) is 54.4 Å². The number of carbonyl (C=O) groups is 1. The number of hydrogen-bond donors (Lipinski definition) is 2. The highest BCUT2D eigenvalue weighted by Gasteiger charge is 2.21. The number of fused-ring (bicyclic) bond motifs is 1. The normalized spacial score (nSPS) is 11.5. The van der Waals surface area contributed by atoms with E-state index >= 15 is 0 Å². The molecule has 9 nitrogen and oxygen atoms in total. The van der Waals surface area contributed by atoms with Gasteiger partial charge in [0, 0.05) is 32.3 Å². The van der Waals surface area contributed by atoms with Crippen LogP contribution >= 0.6 is 0 Å². The number of nitrogens with zero attached hydrogens (tertiary/aromatic N) is 2. The van der Waals surface area contributed by atoms with Crippen LogP contribution < -0.4 is 14.8 Å². The summed E-state index contributed by atoms with van der Waals surface area (Å²) < 4.78 is 39.6. The van der Waals surface area contributed by atoms with E-state index in [1.54, 1.807) is 6.33 Å². The molecule has 3 rings (SSSR count). The molecule has 0 aliphatic carbocycles. The number of benzene rings is 2. The summed E-state index contributed by atoms with van der Waals surface area (Å²) in [7, 11) is -0.993. The topological polar surface area (TPSA) is 112 Å². The Morgan fingerprint density at radius 2 is 1.94 bits per heavy atom. The number of sulfonamides is 1. The Labute approximate surface area is 181 Å². The van der Waals surface area contributed by atoms with Crippen molar-refractivity contribution in [2.24, 2.45) is 0 Å². The van der Waals surface area contributed by atoms with Gasteiger partial charge in [-0.3, -0.25) is 4.79 Å². The Morgan fingerprint density at radius 1 is 1.13 bits per heavy atom. The Balaban J connectivity index is 1.62. The van der Waals surface area contributed by atoms with Gasteiger partial charge in [0.15, 0.2) is 0 Å². The highest BCUT2D eigenvalue weighted by molar-refractivity contribution is 7.89. The van der Waals surface area contributed by atoms with Crippen molar-refractivity contribution in [2.75, 3.05) is 33.9 Å². The number of carbonyl (C=O) groups excluding carboxylic acids is 1. The first-order chi connectivity index (χ1) is 15.0. The zero-order valence-corrected chi connectivity index (χ0v) is 18.3. The number of para-hydroxylation sites is 2. The summed E-state index contributed by atoms with van der Waals surface area (Å²) in [5, 5.41) is 2.83. The van der Waals surface area contributed by atoms with Crippen molar-refractivity contribution in [1.82, 2.24) is 19.6 Å². The van der Waals surface area contributed by atoms with E-state index in [4.69, 9.17) is 9.47 Å². The summed E-state index contributed by atoms with van der Waals surface area (Å²) in [5.41, 5.74) is 2.21. The Hall–Kier alpha value is -2.95. The van der Waals surface area contributed by atoms with E-state index in [-0.39, 0.29) is 35.3 Å². The van der Waals surface area contributed by atoms with Crippen molar-refractivity contribution in [2.45, 2.75) is 17.9 Å². The van der Waals surface area contributed by atoms with Crippen molar-refractivity contribution in [3.63, 3.8) is 0 Å². The molecule has 10 heteroatoms. The number of methoxy groups -OCH3 is 2. The van der Waals surface area contributed by atoms with Crippen LogP contribution in [-0.2, 0) is 21.3 Å². The van der Waals surface area contributed by atoms with Crippen LogP contribution in [0, 0.1) is 0 Å². The second-order valence-electron chi connectivity index (χ2n) is 6.79. The smallest absolute Gasteiger partial charge is 0.251 e. The molecule has 0 fully saturated rings. The first-order valence-electron chi connectivity index (χ1n) is 9.81. The van der Waals surface area contributed by atoms with Gasteiger partial charge in [-0.15, -0.1) is 0 Å². The van der Waals surface area contributed by atoms with Crippen LogP contribution in [0.2, 0.25) is 0 Å². The average Bonchev–Trinajstić information content (AvgIpc) is 3.19. The quantitative estimate of drug-likeness (QED) is 0.435. The average molecular weight is 447 g/mol. The maximum Gasteiger partial charge on any atom is 0.251 e. The van der Waals surface area contributed by atoms with E-state index in [0.29, 0.717) is 19.5 Å². The number of hydrogen-bond acceptors (Lipinski definition) is 6. The fourth-order valence-corrected chi connectivity index (χ4v) is 4.33. The fourth-order valence-electron chi connectivity index (χ4n) is 3.13. The van der Waals surface area contributed by atoms with Gasteiger partial charge < -0.3 is 19.4 Å². The zero-order valence-electron chi connectivity index (χ0n) is 17.5. The van der Waals surface area contributed by atoms with E-state index in [1.165, 1.54) is 32.4 Å². The number of aryl methyl sites for hydroxylation is 1. The molecule has 0 saturated heterocycles. The molecule has 0 atom stereocenters. The van der Waals surface area contributed by atoms with E-state index in [9.17, 15) is 13.2 Å². The van der Waals surface area contributed by atoms with Gasteiger partial charge in [0.1, 0.15) is 10.6 Å². The first-order valence-corrected chi connectivity index (χ1v) is 11.3. The van der Waals surface area contributed by atoms with Gasteiger partial charge in [-0.05, 0) is 36.8 Å². The number of nitrogens with one attached hydrogen (secondary N) is 2. The van der Waals surface area contributed by atoms with E-state index in [0.717, 1.165) is 11.0 Å². The Bertz CT molecular complexity index is 1140. The predicted molar refractivity (Wildman–Crippen MR) is 117 cm³/mol. The second-order valence-corrected chi connectivity index (χ2v) is 8.53. The second kappa shape index (κ2) is 10.4. The van der Waals surface area contributed by atoms with Crippen LogP contribution in [0.1, 0.15) is 16.8 Å². The summed E-state index contributed by atoms with van der Waals surface area (Å²) in [4.78, 5) is 16.8. The molecule has 1 heterocycles. The monoisotopic (exact) mass is 446 g/mol. The van der Waals surface area contributed by atoms with Gasteiger partial charge in [0.2, 0.25) is 10.0 Å². The lowest BCUT2D eigenvalue weighted by atomic mass is 10.2. The minimum Gasteiger partial charge on any atom is -0.495 e. The Morgan fingerprint density at radius 3 is 2.71 bits per heavy atom. The largest absolute Gasteiger partial charge is 0.495 e. The van der Waals surface area contributed by atoms with Gasteiger partial charge in [-0.2, -0.15) is 0 Å². The molecular formula is C21H26N4O5S. The predicted octanol–water partition coefficient (Wildman–Crippen LogP) is 1.79. The van der Waals surface area contributed by atoms with Gasteiger partial charge in [-0.25, -0.2) is 18.1 Å². The summed E-state index contributed by atoms with van der Waals surface area (Å²) in [5.74, 6) is -0.195. The lowest BCUT2D eigenvalue weighted by Crippen LogP contribution is -2.29. The SMILES string of the molecule is COCCNS(=O)(=O)c1cc(C(=O)NCCCn2cnc3ccccc32)ccc1OC. The number of imidazole rings is 1. The summed E-state index contributed by atoms with van der Waals surface area (Å²) in [6, 6.07) is 12.2. The molecule has 0 aliphatic heterocycles. The first kappa shape index (κ1) is 22.7. The molecule has 0 radical (unpaired) electrons. The maximum absolute atomic E-state index is 12.6. The fraction of sp³-hybridized carbons (Fsp3) is 0.333. The van der Waals surface area contributed by atoms with Crippen LogP contribution in [0.25, 0.3) is 11.0 Å². The molecule has 2 N–H and O–H groups in total. The Kier molecular flexibility index (Phi) is 7.61. The molecule has 0 unspecified atom stereocenters. The third-order valence-corrected chi connectivity index (χ3v) is 6.18. The summed E-state index contributed by atoms with van der Waals surface area (Å²) in [6.45, 7) is 1.48. The molecule has 1 aromatic heterocycles. The number of amides is 1. The molecule has 31 heavy (non-hydrogen) atoms. The minimum absolute atomic E-state index is 0.0939. The summed E-state index contributed by atoms with van der Waals surface area (Å²) >= 11 is 0. The van der Waals surface area contributed by atoms with Crippen molar-refractivity contribution < 1.29 is 22.7 Å². The minimum atomic E-state index is -3.85. The van der Waals surface area contributed by atoms with Crippen LogP contribution in [0.15, 0.2) is 53.7 Å². The van der Waals surface area contributed by atoms with Crippen molar-refractivity contribution in [1.29, 1.82) is 0 Å². The highest BCUT2D eigenvalue weighted by atomic mass is 32.2. The van der Waals surface area contributed by atoms with Crippen molar-refractivity contribution in [3.8, 4) is 5.75 Å². The van der Waals surface area contributed by atoms with Gasteiger partial charge in [-0.1, -0.05) is 12.1 Å². The molecule has 166 valence electrons. The van der Waals surface area contributed by atoms with E-state index < -0.39 is 10.0 Å². The molecule has 0 aliphatic rings. The molecule has 0 spiro atoms. The van der Waals surface area contributed by atoms with E-state index in [2.05, 4.69) is 15.0 Å². The highest BCUT2D eigenvalue weighted by Crippen LogP contribution is 2.24. The lowest BCUT2D eigenvalue weighted by Gasteiger charge is -2.12. The molecule has 3 aromatic rings. The van der Waals surface area contributed by atoms with Crippen molar-refractivity contribution >= 4 is 27.0 Å². The van der Waals surface area contributed by atoms with E-state index in [1.807, 2.05) is 28.8 Å². The number of ether oxygens (including phenoxy) is 2. The van der Waals surface area contributed by atoms with Crippen LogP contribution in [0.4, 0.5) is 0 Å². The molecular weight excluding hydrogens is 420 g/mol. The molecule has 2 aromatic carbocycles. The van der Waals surface area contributed by atoms with Gasteiger partial charge in [0.25, 0.3) is 5.91 Å². The lowest BCUT2D eigenvalue weighted by molar-refractivity contribution is 0.0952. The molecule has 1 amide bonds. The van der Waals surface area contributed by atoms with Crippen LogP contribution in [-0.4, -0.2) is 57.8 Å². The summed E-state index contributed by atoms with van der Waals surface area (Å²) in [6.07, 6.45) is 2.48. The van der Waals surface area contributed by atoms with Gasteiger partial charge >= 0.3 is 0 Å². The van der Waals surface area contributed by atoms with Gasteiger partial charge in [0.05, 0.1) is 31.1 Å². The third kappa shape index (κ3) is 5.60. The standard InChI is InChI=1S/C21H26N4O5S/c1-29-13-11-24-31(27,28)20-14-16(8-9-19(20)30-2)21(26)22-10-5-12-25-15-23-17-6-3-4-7-18(17)25/h3-4,6-9,14-15,24H,5,10-13H2,1-2H3,(H,22,26). The van der Waals surface area contributed by atoms with Crippen LogP contribution in [0.3, 0.4) is 0 Å². The number of aromatic nitrogens is 2. The maximum atomic E-state index is 12.6. The molecule has 0 saturated carbocycles. The number of rotatable bonds is 11. The van der Waals surface area contributed by atoms with Crippen LogP contribution in [0.5, 0.6) is 5.75 Å². The third-order valence-electron chi connectivity index (χ3n) is 4.70.